The maximum absolute atomic E-state index is 13.7. The van der Waals surface area contributed by atoms with Gasteiger partial charge in [-0.1, -0.05) is 23.7 Å². The van der Waals surface area contributed by atoms with E-state index in [0.29, 0.717) is 5.56 Å². The normalized spacial score (nSPS) is 10.4. The molecule has 0 aliphatic rings. The highest BCUT2D eigenvalue weighted by atomic mass is 35.5. The van der Waals surface area contributed by atoms with Crippen LogP contribution in [0.5, 0.6) is 11.5 Å². The Labute approximate surface area is 108 Å². The number of hydrogen-bond donors (Lipinski definition) is 1. The van der Waals surface area contributed by atoms with Crippen molar-refractivity contribution >= 4 is 17.3 Å². The molecule has 2 aromatic carbocycles. The number of ether oxygens (including phenoxy) is 1. The fourth-order valence-corrected chi connectivity index (χ4v) is 1.60. The second-order valence-electron chi connectivity index (χ2n) is 3.79. The van der Waals surface area contributed by atoms with E-state index in [9.17, 15) is 8.78 Å². The fourth-order valence-electron chi connectivity index (χ4n) is 1.45. The van der Waals surface area contributed by atoms with Crippen molar-refractivity contribution in [1.82, 2.24) is 0 Å². The van der Waals surface area contributed by atoms with Gasteiger partial charge < -0.3 is 10.5 Å². The minimum absolute atomic E-state index is 0.0179. The summed E-state index contributed by atoms with van der Waals surface area (Å²) in [5, 5.41) is -0.132. The van der Waals surface area contributed by atoms with Crippen molar-refractivity contribution in [1.29, 1.82) is 0 Å². The average molecular weight is 270 g/mol. The summed E-state index contributed by atoms with van der Waals surface area (Å²) in [6, 6.07) is 6.97. The van der Waals surface area contributed by atoms with Gasteiger partial charge in [-0.05, 0) is 18.6 Å². The quantitative estimate of drug-likeness (QED) is 0.825. The Morgan fingerprint density at radius 1 is 1.17 bits per heavy atom. The van der Waals surface area contributed by atoms with Gasteiger partial charge in [-0.25, -0.2) is 8.78 Å². The minimum atomic E-state index is -0.647. The summed E-state index contributed by atoms with van der Waals surface area (Å²) >= 11 is 5.62. The summed E-state index contributed by atoms with van der Waals surface area (Å²) in [7, 11) is 0. The van der Waals surface area contributed by atoms with Gasteiger partial charge in [-0.2, -0.15) is 0 Å². The standard InChI is InChI=1S/C13H10ClF2NO/c1-7-3-2-4-11(13(7)16)18-12-5-8(14)9(15)6-10(12)17/h2-6H,17H2,1H3. The molecule has 2 aromatic rings. The molecule has 0 aliphatic heterocycles. The predicted molar refractivity (Wildman–Crippen MR) is 67.0 cm³/mol. The lowest BCUT2D eigenvalue weighted by Gasteiger charge is -2.11. The molecule has 0 radical (unpaired) electrons. The van der Waals surface area contributed by atoms with Crippen LogP contribution >= 0.6 is 11.6 Å². The molecule has 0 aromatic heterocycles. The van der Waals surface area contributed by atoms with Gasteiger partial charge >= 0.3 is 0 Å². The van der Waals surface area contributed by atoms with E-state index in [1.165, 1.54) is 12.1 Å². The number of nitrogens with two attached hydrogens (primary N) is 1. The van der Waals surface area contributed by atoms with Gasteiger partial charge in [0.2, 0.25) is 0 Å². The molecule has 0 saturated carbocycles. The van der Waals surface area contributed by atoms with E-state index in [-0.39, 0.29) is 22.2 Å². The van der Waals surface area contributed by atoms with Crippen molar-refractivity contribution in [2.45, 2.75) is 6.92 Å². The molecule has 0 bridgehead atoms. The Bertz CT molecular complexity index is 602. The Morgan fingerprint density at radius 3 is 2.61 bits per heavy atom. The van der Waals surface area contributed by atoms with E-state index in [1.54, 1.807) is 19.1 Å². The molecule has 2 rings (SSSR count). The monoisotopic (exact) mass is 269 g/mol. The highest BCUT2D eigenvalue weighted by Crippen LogP contribution is 2.33. The molecule has 2 N–H and O–H groups in total. The second kappa shape index (κ2) is 4.82. The summed E-state index contributed by atoms with van der Waals surface area (Å²) < 4.78 is 32.1. The van der Waals surface area contributed by atoms with Crippen LogP contribution in [0.4, 0.5) is 14.5 Å². The van der Waals surface area contributed by atoms with Crippen molar-refractivity contribution < 1.29 is 13.5 Å². The summed E-state index contributed by atoms with van der Waals surface area (Å²) in [4.78, 5) is 0. The van der Waals surface area contributed by atoms with E-state index in [0.717, 1.165) is 6.07 Å². The SMILES string of the molecule is Cc1cccc(Oc2cc(Cl)c(F)cc2N)c1F. The lowest BCUT2D eigenvalue weighted by atomic mass is 10.2. The smallest absolute Gasteiger partial charge is 0.168 e. The van der Waals surface area contributed by atoms with Crippen molar-refractivity contribution in [3.05, 3.63) is 52.6 Å². The lowest BCUT2D eigenvalue weighted by Crippen LogP contribution is -1.96. The molecule has 2 nitrogen and oxygen atoms in total. The topological polar surface area (TPSA) is 35.2 Å². The molecular weight excluding hydrogens is 260 g/mol. The summed E-state index contributed by atoms with van der Waals surface area (Å²) in [5.41, 5.74) is 6.08. The zero-order valence-corrected chi connectivity index (χ0v) is 10.3. The second-order valence-corrected chi connectivity index (χ2v) is 4.20. The van der Waals surface area contributed by atoms with Gasteiger partial charge in [0.1, 0.15) is 5.82 Å². The predicted octanol–water partition coefficient (Wildman–Crippen LogP) is 4.30. The molecule has 0 heterocycles. The average Bonchev–Trinajstić information content (AvgIpc) is 2.32. The summed E-state index contributed by atoms with van der Waals surface area (Å²) in [6.45, 7) is 1.61. The first-order valence-corrected chi connectivity index (χ1v) is 5.54. The van der Waals surface area contributed by atoms with E-state index in [4.69, 9.17) is 22.1 Å². The highest BCUT2D eigenvalue weighted by molar-refractivity contribution is 6.31. The van der Waals surface area contributed by atoms with Crippen LogP contribution in [-0.4, -0.2) is 0 Å². The minimum Gasteiger partial charge on any atom is -0.452 e. The van der Waals surface area contributed by atoms with E-state index < -0.39 is 11.6 Å². The summed E-state index contributed by atoms with van der Waals surface area (Å²) in [5.74, 6) is -1.00. The Balaban J connectivity index is 2.40. The van der Waals surface area contributed by atoms with Gasteiger partial charge in [-0.15, -0.1) is 0 Å². The Kier molecular flexibility index (Phi) is 3.39. The number of rotatable bonds is 2. The van der Waals surface area contributed by atoms with Crippen LogP contribution in [0, 0.1) is 18.6 Å². The zero-order valence-electron chi connectivity index (χ0n) is 9.51. The Morgan fingerprint density at radius 2 is 1.89 bits per heavy atom. The molecular formula is C13H10ClF2NO. The van der Waals surface area contributed by atoms with Crippen LogP contribution in [-0.2, 0) is 0 Å². The molecule has 0 aliphatic carbocycles. The first kappa shape index (κ1) is 12.6. The molecule has 0 unspecified atom stereocenters. The van der Waals surface area contributed by atoms with E-state index in [2.05, 4.69) is 0 Å². The van der Waals surface area contributed by atoms with Gasteiger partial charge in [0.25, 0.3) is 0 Å². The van der Waals surface area contributed by atoms with Crippen molar-refractivity contribution in [2.75, 3.05) is 5.73 Å². The van der Waals surface area contributed by atoms with Crippen LogP contribution in [0.1, 0.15) is 5.56 Å². The van der Waals surface area contributed by atoms with E-state index in [1.807, 2.05) is 0 Å². The molecule has 94 valence electrons. The molecule has 0 spiro atoms. The number of halogens is 3. The van der Waals surface area contributed by atoms with Crippen LogP contribution in [0.15, 0.2) is 30.3 Å². The highest BCUT2D eigenvalue weighted by Gasteiger charge is 2.11. The van der Waals surface area contributed by atoms with Crippen molar-refractivity contribution in [3.8, 4) is 11.5 Å². The van der Waals surface area contributed by atoms with Crippen LogP contribution in [0.2, 0.25) is 5.02 Å². The van der Waals surface area contributed by atoms with Gasteiger partial charge in [0.05, 0.1) is 10.7 Å². The molecule has 0 fully saturated rings. The maximum atomic E-state index is 13.7. The Hall–Kier alpha value is -1.81. The molecule has 18 heavy (non-hydrogen) atoms. The summed E-state index contributed by atoms with van der Waals surface area (Å²) in [6.07, 6.45) is 0. The van der Waals surface area contributed by atoms with Gasteiger partial charge in [0, 0.05) is 12.1 Å². The third-order valence-electron chi connectivity index (χ3n) is 2.43. The number of anilines is 1. The van der Waals surface area contributed by atoms with Crippen LogP contribution in [0.3, 0.4) is 0 Å². The molecule has 0 saturated heterocycles. The number of nitrogen functional groups attached to an aromatic ring is 1. The van der Waals surface area contributed by atoms with Crippen LogP contribution < -0.4 is 10.5 Å². The molecule has 0 amide bonds. The largest absolute Gasteiger partial charge is 0.452 e. The number of aryl methyl sites for hydroxylation is 1. The first-order chi connectivity index (χ1) is 8.49. The maximum Gasteiger partial charge on any atom is 0.168 e. The third-order valence-corrected chi connectivity index (χ3v) is 2.72. The fraction of sp³-hybridized carbons (Fsp3) is 0.0769. The lowest BCUT2D eigenvalue weighted by molar-refractivity contribution is 0.441. The number of benzene rings is 2. The number of hydrogen-bond acceptors (Lipinski definition) is 2. The zero-order chi connectivity index (χ0) is 13.3. The molecule has 5 heteroatoms. The third kappa shape index (κ3) is 2.38. The van der Waals surface area contributed by atoms with Crippen molar-refractivity contribution in [3.63, 3.8) is 0 Å². The van der Waals surface area contributed by atoms with Crippen LogP contribution in [0.25, 0.3) is 0 Å². The van der Waals surface area contributed by atoms with Gasteiger partial charge in [-0.3, -0.25) is 0 Å². The van der Waals surface area contributed by atoms with Gasteiger partial charge in [0.15, 0.2) is 17.3 Å². The van der Waals surface area contributed by atoms with E-state index >= 15 is 0 Å². The first-order valence-electron chi connectivity index (χ1n) is 5.16. The van der Waals surface area contributed by atoms with Crippen molar-refractivity contribution in [2.24, 2.45) is 0 Å². The molecule has 0 atom stereocenters.